The van der Waals surface area contributed by atoms with Crippen molar-refractivity contribution in [1.29, 1.82) is 0 Å². The van der Waals surface area contributed by atoms with Crippen molar-refractivity contribution in [2.75, 3.05) is 12.3 Å². The molecule has 17 heavy (non-hydrogen) atoms. The zero-order valence-electron chi connectivity index (χ0n) is 11.3. The number of hydrogen-bond acceptors (Lipinski definition) is 2. The van der Waals surface area contributed by atoms with Crippen LogP contribution in [-0.2, 0) is 10.8 Å². The fourth-order valence-corrected chi connectivity index (χ4v) is 5.70. The Morgan fingerprint density at radius 2 is 1.88 bits per heavy atom. The first-order chi connectivity index (χ1) is 8.22. The minimum absolute atomic E-state index is 0.458. The summed E-state index contributed by atoms with van der Waals surface area (Å²) in [4.78, 5) is 0. The largest absolute Gasteiger partial charge is 0.314 e. The van der Waals surface area contributed by atoms with Crippen LogP contribution in [0.5, 0.6) is 0 Å². The van der Waals surface area contributed by atoms with Crippen LogP contribution in [0.1, 0.15) is 52.4 Å². The van der Waals surface area contributed by atoms with Gasteiger partial charge in [-0.05, 0) is 44.1 Å². The second kappa shape index (κ2) is 6.33. The zero-order chi connectivity index (χ0) is 12.3. The minimum atomic E-state index is -0.580. The predicted octanol–water partition coefficient (Wildman–Crippen LogP) is 2.70. The van der Waals surface area contributed by atoms with Gasteiger partial charge in [0.05, 0.1) is 0 Å². The first kappa shape index (κ1) is 13.5. The monoisotopic (exact) mass is 257 g/mol. The van der Waals surface area contributed by atoms with Gasteiger partial charge in [-0.15, -0.1) is 0 Å². The van der Waals surface area contributed by atoms with Crippen LogP contribution in [0, 0.1) is 11.8 Å². The quantitative estimate of drug-likeness (QED) is 0.820. The Morgan fingerprint density at radius 3 is 2.53 bits per heavy atom. The average molecular weight is 257 g/mol. The smallest absolute Gasteiger partial charge is 0.0389 e. The van der Waals surface area contributed by atoms with E-state index < -0.39 is 10.8 Å². The lowest BCUT2D eigenvalue weighted by Crippen LogP contribution is -2.35. The van der Waals surface area contributed by atoms with Crippen molar-refractivity contribution in [1.82, 2.24) is 5.32 Å². The molecule has 2 saturated carbocycles. The fraction of sp³-hybridized carbons (Fsp3) is 1.00. The van der Waals surface area contributed by atoms with E-state index in [4.69, 9.17) is 0 Å². The van der Waals surface area contributed by atoms with Gasteiger partial charge in [0.1, 0.15) is 0 Å². The van der Waals surface area contributed by atoms with Crippen molar-refractivity contribution >= 4 is 10.8 Å². The molecule has 4 atom stereocenters. The summed E-state index contributed by atoms with van der Waals surface area (Å²) < 4.78 is 12.4. The lowest BCUT2D eigenvalue weighted by atomic mass is 10.1. The van der Waals surface area contributed by atoms with Crippen LogP contribution in [0.25, 0.3) is 0 Å². The van der Waals surface area contributed by atoms with Crippen molar-refractivity contribution in [3.8, 4) is 0 Å². The fourth-order valence-electron chi connectivity index (χ4n) is 3.58. The average Bonchev–Trinajstić information content (AvgIpc) is 2.91. The van der Waals surface area contributed by atoms with Crippen LogP contribution < -0.4 is 5.32 Å². The summed E-state index contributed by atoms with van der Waals surface area (Å²) in [6.07, 6.45) is 7.76. The van der Waals surface area contributed by atoms with Gasteiger partial charge < -0.3 is 5.32 Å². The summed E-state index contributed by atoms with van der Waals surface area (Å²) in [5, 5.41) is 4.00. The molecule has 2 aliphatic carbocycles. The Morgan fingerprint density at radius 1 is 1.18 bits per heavy atom. The van der Waals surface area contributed by atoms with Crippen molar-refractivity contribution in [2.24, 2.45) is 11.8 Å². The molecule has 2 rings (SSSR count). The van der Waals surface area contributed by atoms with E-state index >= 15 is 0 Å². The molecule has 0 aromatic carbocycles. The molecule has 3 heteroatoms. The molecule has 4 unspecified atom stereocenters. The molecule has 0 heterocycles. The maximum Gasteiger partial charge on any atom is 0.0389 e. The van der Waals surface area contributed by atoms with Crippen LogP contribution >= 0.6 is 0 Å². The molecular weight excluding hydrogens is 230 g/mol. The van der Waals surface area contributed by atoms with Gasteiger partial charge in [0, 0.05) is 27.8 Å². The molecule has 2 aliphatic rings. The third-order valence-electron chi connectivity index (χ3n) is 4.66. The second-order valence-corrected chi connectivity index (χ2v) is 7.54. The molecular formula is C14H27NOS. The van der Waals surface area contributed by atoms with Crippen LogP contribution in [0.2, 0.25) is 0 Å². The molecule has 0 saturated heterocycles. The Hall–Kier alpha value is 0.110. The van der Waals surface area contributed by atoms with Gasteiger partial charge in [0.15, 0.2) is 0 Å². The lowest BCUT2D eigenvalue weighted by Gasteiger charge is -2.22. The van der Waals surface area contributed by atoms with Crippen molar-refractivity contribution in [3.05, 3.63) is 0 Å². The van der Waals surface area contributed by atoms with Crippen molar-refractivity contribution < 1.29 is 4.21 Å². The van der Waals surface area contributed by atoms with E-state index in [1.807, 2.05) is 0 Å². The highest BCUT2D eigenvalue weighted by atomic mass is 32.2. The van der Waals surface area contributed by atoms with E-state index in [0.717, 1.165) is 24.6 Å². The third kappa shape index (κ3) is 3.31. The van der Waals surface area contributed by atoms with Gasteiger partial charge in [-0.2, -0.15) is 0 Å². The summed E-state index contributed by atoms with van der Waals surface area (Å²) in [7, 11) is -0.580. The van der Waals surface area contributed by atoms with Gasteiger partial charge >= 0.3 is 0 Å². The molecule has 0 aromatic heterocycles. The Balaban J connectivity index is 1.83. The normalized spacial score (nSPS) is 36.5. The van der Waals surface area contributed by atoms with E-state index in [1.54, 1.807) is 0 Å². The Kier molecular flexibility index (Phi) is 5.04. The van der Waals surface area contributed by atoms with Crippen LogP contribution in [-0.4, -0.2) is 27.8 Å². The van der Waals surface area contributed by atoms with Crippen LogP contribution in [0.3, 0.4) is 0 Å². The molecule has 100 valence electrons. The maximum absolute atomic E-state index is 12.4. The molecule has 0 bridgehead atoms. The predicted molar refractivity (Wildman–Crippen MR) is 74.6 cm³/mol. The summed E-state index contributed by atoms with van der Waals surface area (Å²) in [6, 6.07) is 0.609. The third-order valence-corrected chi connectivity index (χ3v) is 6.80. The first-order valence-corrected chi connectivity index (χ1v) is 8.71. The highest BCUT2D eigenvalue weighted by Crippen LogP contribution is 2.33. The van der Waals surface area contributed by atoms with Gasteiger partial charge in [0.25, 0.3) is 0 Å². The van der Waals surface area contributed by atoms with E-state index in [9.17, 15) is 4.21 Å². The van der Waals surface area contributed by atoms with Crippen LogP contribution in [0.15, 0.2) is 0 Å². The summed E-state index contributed by atoms with van der Waals surface area (Å²) >= 11 is 0. The van der Waals surface area contributed by atoms with Gasteiger partial charge in [-0.25, -0.2) is 0 Å². The molecule has 0 radical (unpaired) electrons. The minimum Gasteiger partial charge on any atom is -0.314 e. The highest BCUT2D eigenvalue weighted by molar-refractivity contribution is 7.85. The molecule has 0 amide bonds. The van der Waals surface area contributed by atoms with E-state index in [0.29, 0.717) is 17.2 Å². The van der Waals surface area contributed by atoms with Gasteiger partial charge in [-0.1, -0.05) is 26.7 Å². The SMILES string of the molecule is CCNC1CCC(S(=O)CC2CCCC2)C1C. The number of hydrogen-bond donors (Lipinski definition) is 1. The Labute approximate surface area is 108 Å². The van der Waals surface area contributed by atoms with E-state index in [-0.39, 0.29) is 0 Å². The van der Waals surface area contributed by atoms with E-state index in [2.05, 4.69) is 19.2 Å². The van der Waals surface area contributed by atoms with Crippen molar-refractivity contribution in [3.63, 3.8) is 0 Å². The summed E-state index contributed by atoms with van der Waals surface area (Å²) in [5.41, 5.74) is 0. The van der Waals surface area contributed by atoms with Gasteiger partial charge in [-0.3, -0.25) is 4.21 Å². The second-order valence-electron chi connectivity index (χ2n) is 5.84. The van der Waals surface area contributed by atoms with Crippen LogP contribution in [0.4, 0.5) is 0 Å². The zero-order valence-corrected chi connectivity index (χ0v) is 12.1. The summed E-state index contributed by atoms with van der Waals surface area (Å²) in [5.74, 6) is 2.34. The molecule has 1 N–H and O–H groups in total. The number of rotatable bonds is 5. The Bertz CT molecular complexity index is 263. The summed E-state index contributed by atoms with van der Waals surface area (Å²) in [6.45, 7) is 5.49. The molecule has 2 fully saturated rings. The molecule has 0 aliphatic heterocycles. The van der Waals surface area contributed by atoms with E-state index in [1.165, 1.54) is 32.1 Å². The number of nitrogens with one attached hydrogen (secondary N) is 1. The molecule has 0 spiro atoms. The first-order valence-electron chi connectivity index (χ1n) is 7.33. The standard InChI is InChI=1S/C14H27NOS/c1-3-15-13-8-9-14(11(13)2)17(16)10-12-6-4-5-7-12/h11-15H,3-10H2,1-2H3. The lowest BCUT2D eigenvalue weighted by molar-refractivity contribution is 0.438. The highest BCUT2D eigenvalue weighted by Gasteiger charge is 2.36. The topological polar surface area (TPSA) is 29.1 Å². The van der Waals surface area contributed by atoms with Crippen molar-refractivity contribution in [2.45, 2.75) is 63.7 Å². The molecule has 2 nitrogen and oxygen atoms in total. The molecule has 0 aromatic rings. The van der Waals surface area contributed by atoms with Gasteiger partial charge in [0.2, 0.25) is 0 Å². The maximum atomic E-state index is 12.4.